The first kappa shape index (κ1) is 15.3. The Morgan fingerprint density at radius 1 is 1.52 bits per heavy atom. The quantitative estimate of drug-likeness (QED) is 0.838. The van der Waals surface area contributed by atoms with Crippen LogP contribution in [0.25, 0.3) is 0 Å². The number of morpholine rings is 1. The van der Waals surface area contributed by atoms with E-state index in [0.29, 0.717) is 32.8 Å². The molecule has 0 radical (unpaired) electrons. The van der Waals surface area contributed by atoms with Crippen LogP contribution in [0.5, 0.6) is 0 Å². The van der Waals surface area contributed by atoms with Crippen LogP contribution >= 0.6 is 0 Å². The van der Waals surface area contributed by atoms with E-state index in [1.807, 2.05) is 13.8 Å². The van der Waals surface area contributed by atoms with Crippen LogP contribution in [0.3, 0.4) is 0 Å². The number of carboxylic acid groups (broad SMARTS) is 1. The van der Waals surface area contributed by atoms with Crippen LogP contribution in [0.2, 0.25) is 0 Å². The Kier molecular flexibility index (Phi) is 4.46. The Labute approximate surface area is 122 Å². The molecule has 1 aliphatic rings. The van der Waals surface area contributed by atoms with E-state index in [9.17, 15) is 9.59 Å². The zero-order chi connectivity index (χ0) is 15.5. The van der Waals surface area contributed by atoms with Crippen molar-refractivity contribution in [3.8, 4) is 0 Å². The number of hydrogen-bond donors (Lipinski definition) is 2. The second-order valence-electron chi connectivity index (χ2n) is 5.55. The highest BCUT2D eigenvalue weighted by Gasteiger charge is 2.33. The highest BCUT2D eigenvalue weighted by Crippen LogP contribution is 2.18. The van der Waals surface area contributed by atoms with E-state index in [4.69, 9.17) is 9.84 Å². The fourth-order valence-electron chi connectivity index (χ4n) is 2.21. The molecular weight excluding hydrogens is 276 g/mol. The number of urea groups is 1. The lowest BCUT2D eigenvalue weighted by molar-refractivity contribution is -0.0278. The average molecular weight is 296 g/mol. The van der Waals surface area contributed by atoms with Gasteiger partial charge < -0.3 is 24.6 Å². The number of ether oxygens (including phenoxy) is 1. The monoisotopic (exact) mass is 296 g/mol. The van der Waals surface area contributed by atoms with Crippen molar-refractivity contribution in [2.24, 2.45) is 0 Å². The third-order valence-corrected chi connectivity index (χ3v) is 3.39. The molecule has 1 aromatic rings. The number of imidazole rings is 1. The van der Waals surface area contributed by atoms with Crippen LogP contribution in [0, 0.1) is 0 Å². The van der Waals surface area contributed by atoms with E-state index in [1.165, 1.54) is 12.5 Å². The summed E-state index contributed by atoms with van der Waals surface area (Å²) in [5, 5.41) is 11.6. The molecule has 0 aromatic carbocycles. The highest BCUT2D eigenvalue weighted by atomic mass is 16.5. The van der Waals surface area contributed by atoms with E-state index in [-0.39, 0.29) is 17.3 Å². The van der Waals surface area contributed by atoms with Gasteiger partial charge >= 0.3 is 12.0 Å². The maximum Gasteiger partial charge on any atom is 0.356 e. The molecule has 2 heterocycles. The zero-order valence-electron chi connectivity index (χ0n) is 12.2. The van der Waals surface area contributed by atoms with Crippen LogP contribution in [-0.2, 0) is 11.3 Å². The van der Waals surface area contributed by atoms with Crippen molar-refractivity contribution in [2.45, 2.75) is 25.9 Å². The summed E-state index contributed by atoms with van der Waals surface area (Å²) >= 11 is 0. The summed E-state index contributed by atoms with van der Waals surface area (Å²) < 4.78 is 7.01. The molecule has 1 aromatic heterocycles. The van der Waals surface area contributed by atoms with Gasteiger partial charge in [0.2, 0.25) is 0 Å². The van der Waals surface area contributed by atoms with Crippen LogP contribution in [-0.4, -0.2) is 63.4 Å². The Bertz CT molecular complexity index is 526. The summed E-state index contributed by atoms with van der Waals surface area (Å²) in [6, 6.07) is -0.137. The van der Waals surface area contributed by atoms with E-state index in [0.717, 1.165) is 0 Å². The molecule has 0 unspecified atom stereocenters. The van der Waals surface area contributed by atoms with Gasteiger partial charge in [-0.1, -0.05) is 0 Å². The summed E-state index contributed by atoms with van der Waals surface area (Å²) in [6.07, 6.45) is 2.88. The smallest absolute Gasteiger partial charge is 0.356 e. The average Bonchev–Trinajstić information content (AvgIpc) is 2.87. The van der Waals surface area contributed by atoms with Crippen molar-refractivity contribution in [3.63, 3.8) is 0 Å². The number of carbonyl (C=O) groups excluding carboxylic acids is 1. The van der Waals surface area contributed by atoms with E-state index >= 15 is 0 Å². The molecule has 0 atom stereocenters. The molecule has 116 valence electrons. The lowest BCUT2D eigenvalue weighted by Crippen LogP contribution is -2.58. The van der Waals surface area contributed by atoms with Crippen LogP contribution in [0.1, 0.15) is 24.3 Å². The van der Waals surface area contributed by atoms with Crippen molar-refractivity contribution in [1.29, 1.82) is 0 Å². The molecule has 8 heteroatoms. The van der Waals surface area contributed by atoms with Gasteiger partial charge in [-0.2, -0.15) is 0 Å². The van der Waals surface area contributed by atoms with Crippen molar-refractivity contribution >= 4 is 12.0 Å². The molecule has 21 heavy (non-hydrogen) atoms. The predicted octanol–water partition coefficient (Wildman–Crippen LogP) is 0.402. The predicted molar refractivity (Wildman–Crippen MR) is 74.2 cm³/mol. The van der Waals surface area contributed by atoms with Gasteiger partial charge in [-0.25, -0.2) is 14.6 Å². The molecular formula is C13H20N4O4. The Morgan fingerprint density at radius 3 is 2.90 bits per heavy atom. The number of rotatable bonds is 4. The Balaban J connectivity index is 1.82. The molecule has 0 aliphatic carbocycles. The van der Waals surface area contributed by atoms with Crippen molar-refractivity contribution < 1.29 is 19.4 Å². The third-order valence-electron chi connectivity index (χ3n) is 3.39. The second-order valence-corrected chi connectivity index (χ2v) is 5.55. The number of carbonyl (C=O) groups is 2. The molecule has 8 nitrogen and oxygen atoms in total. The minimum Gasteiger partial charge on any atom is -0.476 e. The number of nitrogens with one attached hydrogen (secondary N) is 1. The first-order valence-corrected chi connectivity index (χ1v) is 6.78. The number of aromatic carboxylic acids is 1. The molecule has 2 N–H and O–H groups in total. The van der Waals surface area contributed by atoms with E-state index in [1.54, 1.807) is 9.47 Å². The van der Waals surface area contributed by atoms with Gasteiger partial charge in [-0.05, 0) is 13.8 Å². The van der Waals surface area contributed by atoms with Gasteiger partial charge in [0, 0.05) is 25.8 Å². The number of hydrogen-bond acceptors (Lipinski definition) is 4. The lowest BCUT2D eigenvalue weighted by atomic mass is 10.0. The molecule has 0 spiro atoms. The van der Waals surface area contributed by atoms with Crippen molar-refractivity contribution in [2.75, 3.05) is 26.3 Å². The van der Waals surface area contributed by atoms with Crippen molar-refractivity contribution in [1.82, 2.24) is 19.8 Å². The summed E-state index contributed by atoms with van der Waals surface area (Å²) in [6.45, 7) is 6.41. The first-order valence-electron chi connectivity index (χ1n) is 6.78. The SMILES string of the molecule is CC1(C)COCCN1C(=O)NCCn1cnc(C(=O)O)c1. The van der Waals surface area contributed by atoms with E-state index in [2.05, 4.69) is 10.3 Å². The second kappa shape index (κ2) is 6.13. The topological polar surface area (TPSA) is 96.7 Å². The Morgan fingerprint density at radius 2 is 2.29 bits per heavy atom. The molecule has 2 rings (SSSR count). The largest absolute Gasteiger partial charge is 0.476 e. The van der Waals surface area contributed by atoms with Gasteiger partial charge in [-0.15, -0.1) is 0 Å². The maximum absolute atomic E-state index is 12.2. The number of amides is 2. The molecule has 0 saturated carbocycles. The lowest BCUT2D eigenvalue weighted by Gasteiger charge is -2.41. The minimum absolute atomic E-state index is 0.00404. The van der Waals surface area contributed by atoms with Crippen LogP contribution in [0.4, 0.5) is 4.79 Å². The molecule has 1 saturated heterocycles. The summed E-state index contributed by atoms with van der Waals surface area (Å²) in [5.41, 5.74) is -0.330. The summed E-state index contributed by atoms with van der Waals surface area (Å²) in [5.74, 6) is -1.06. The van der Waals surface area contributed by atoms with Gasteiger partial charge in [-0.3, -0.25) is 0 Å². The number of carboxylic acids is 1. The molecule has 2 amide bonds. The fraction of sp³-hybridized carbons (Fsp3) is 0.615. The van der Waals surface area contributed by atoms with Gasteiger partial charge in [0.1, 0.15) is 0 Å². The van der Waals surface area contributed by atoms with Crippen LogP contribution < -0.4 is 5.32 Å². The zero-order valence-corrected chi connectivity index (χ0v) is 12.2. The summed E-state index contributed by atoms with van der Waals surface area (Å²) in [4.78, 5) is 28.4. The number of nitrogens with zero attached hydrogens (tertiary/aromatic N) is 3. The first-order chi connectivity index (χ1) is 9.90. The Hall–Kier alpha value is -2.09. The maximum atomic E-state index is 12.2. The standard InChI is InChI=1S/C13H20N4O4/c1-13(2)8-21-6-5-17(13)12(20)14-3-4-16-7-10(11(18)19)15-9-16/h7,9H,3-6,8H2,1-2H3,(H,14,20)(H,18,19). The van der Waals surface area contributed by atoms with Gasteiger partial charge in [0.25, 0.3) is 0 Å². The molecule has 1 fully saturated rings. The van der Waals surface area contributed by atoms with E-state index < -0.39 is 5.97 Å². The van der Waals surface area contributed by atoms with Crippen LogP contribution in [0.15, 0.2) is 12.5 Å². The number of aromatic nitrogens is 2. The normalized spacial score (nSPS) is 17.5. The molecule has 1 aliphatic heterocycles. The third kappa shape index (κ3) is 3.72. The fourth-order valence-corrected chi connectivity index (χ4v) is 2.21. The van der Waals surface area contributed by atoms with Gasteiger partial charge in [0.15, 0.2) is 5.69 Å². The highest BCUT2D eigenvalue weighted by molar-refractivity contribution is 5.84. The van der Waals surface area contributed by atoms with Crippen molar-refractivity contribution in [3.05, 3.63) is 18.2 Å². The molecule has 0 bridgehead atoms. The minimum atomic E-state index is -1.06. The summed E-state index contributed by atoms with van der Waals surface area (Å²) in [7, 11) is 0. The van der Waals surface area contributed by atoms with Gasteiger partial charge in [0.05, 0.1) is 25.1 Å².